The predicted octanol–water partition coefficient (Wildman–Crippen LogP) is 23.2. The minimum absolute atomic E-state index is 0.112. The number of carbonyl (C=O) groups excluding carboxylic acids is 3. The summed E-state index contributed by atoms with van der Waals surface area (Å²) in [5.74, 6) is -0.981. The molecular formula is C77H120O6. The second-order valence-electron chi connectivity index (χ2n) is 21.2. The van der Waals surface area contributed by atoms with Crippen LogP contribution in [0, 0.1) is 0 Å². The van der Waals surface area contributed by atoms with E-state index in [0.29, 0.717) is 25.7 Å². The molecule has 0 aromatic rings. The van der Waals surface area contributed by atoms with Gasteiger partial charge in [0.1, 0.15) is 13.2 Å². The molecular weight excluding hydrogens is 1020 g/mol. The molecule has 0 aromatic heterocycles. The normalized spacial score (nSPS) is 13.3. The summed E-state index contributed by atoms with van der Waals surface area (Å²) in [4.78, 5) is 38.4. The molecule has 0 saturated heterocycles. The standard InChI is InChI=1S/C77H120O6/c1-4-7-10-13-16-19-22-25-28-30-32-34-36-37-38-39-41-42-44-46-49-52-55-58-61-64-67-70-76(79)82-73-74(72-81-75(78)69-66-63-60-57-54-51-48-27-24-21-18-15-12-9-6-3)83-77(80)71-68-65-62-59-56-53-50-47-45-43-40-35-33-31-29-26-23-20-17-14-11-8-5-2/h7-12,16-21,25-29,32-35,37-38,41-42,46,48-49,54,57,74H,4-6,13-15,22-24,30-31,36,39-40,43-45,47,50-53,55-56,58-73H2,1-3H3/b10-7-,11-8-,12-9-,19-16-,20-17-,21-18-,28-25-,29-26-,34-32-,35-33-,38-37-,42-41-,48-27-,49-46-,57-54-. The molecule has 0 aliphatic heterocycles. The van der Waals surface area contributed by atoms with Gasteiger partial charge < -0.3 is 14.2 Å². The van der Waals surface area contributed by atoms with Gasteiger partial charge in [0, 0.05) is 19.3 Å². The largest absolute Gasteiger partial charge is 0.462 e. The molecule has 0 rings (SSSR count). The first-order valence-corrected chi connectivity index (χ1v) is 33.3. The smallest absolute Gasteiger partial charge is 0.306 e. The zero-order chi connectivity index (χ0) is 59.9. The van der Waals surface area contributed by atoms with Gasteiger partial charge in [-0.15, -0.1) is 0 Å². The first kappa shape index (κ1) is 77.5. The molecule has 0 heterocycles. The van der Waals surface area contributed by atoms with Gasteiger partial charge in [-0.2, -0.15) is 0 Å². The lowest BCUT2D eigenvalue weighted by atomic mass is 10.0. The fraction of sp³-hybridized carbons (Fsp3) is 0.571. The highest BCUT2D eigenvalue weighted by atomic mass is 16.6. The lowest BCUT2D eigenvalue weighted by Gasteiger charge is -2.18. The number of carbonyl (C=O) groups is 3. The molecule has 1 unspecified atom stereocenters. The van der Waals surface area contributed by atoms with E-state index in [9.17, 15) is 14.4 Å². The average molecular weight is 1140 g/mol. The van der Waals surface area contributed by atoms with Crippen molar-refractivity contribution < 1.29 is 28.6 Å². The fourth-order valence-electron chi connectivity index (χ4n) is 8.52. The van der Waals surface area contributed by atoms with E-state index in [1.807, 2.05) is 0 Å². The maximum atomic E-state index is 12.9. The van der Waals surface area contributed by atoms with E-state index >= 15 is 0 Å². The van der Waals surface area contributed by atoms with Gasteiger partial charge in [0.2, 0.25) is 0 Å². The molecule has 0 bridgehead atoms. The molecule has 0 N–H and O–H groups in total. The summed E-state index contributed by atoms with van der Waals surface area (Å²) in [7, 11) is 0. The second kappa shape index (κ2) is 69.0. The Morgan fingerprint density at radius 1 is 0.241 bits per heavy atom. The van der Waals surface area contributed by atoms with Crippen LogP contribution < -0.4 is 0 Å². The first-order chi connectivity index (χ1) is 41.0. The highest BCUT2D eigenvalue weighted by molar-refractivity contribution is 5.71. The summed E-state index contributed by atoms with van der Waals surface area (Å²) in [5.41, 5.74) is 0. The monoisotopic (exact) mass is 1140 g/mol. The minimum atomic E-state index is -0.818. The summed E-state index contributed by atoms with van der Waals surface area (Å²) in [6.07, 6.45) is 103. The van der Waals surface area contributed by atoms with E-state index in [1.165, 1.54) is 51.4 Å². The lowest BCUT2D eigenvalue weighted by molar-refractivity contribution is -0.167. The van der Waals surface area contributed by atoms with Crippen LogP contribution in [-0.2, 0) is 28.6 Å². The molecule has 83 heavy (non-hydrogen) atoms. The van der Waals surface area contributed by atoms with Gasteiger partial charge in [0.05, 0.1) is 0 Å². The van der Waals surface area contributed by atoms with Gasteiger partial charge in [-0.1, -0.05) is 274 Å². The number of ether oxygens (including phenoxy) is 3. The maximum absolute atomic E-state index is 12.9. The topological polar surface area (TPSA) is 78.9 Å². The Labute approximate surface area is 510 Å². The molecule has 1 atom stereocenters. The third-order valence-corrected chi connectivity index (χ3v) is 13.4. The van der Waals surface area contributed by atoms with Gasteiger partial charge in [-0.05, 0) is 154 Å². The minimum Gasteiger partial charge on any atom is -0.462 e. The van der Waals surface area contributed by atoms with E-state index in [4.69, 9.17) is 14.2 Å². The van der Waals surface area contributed by atoms with Crippen LogP contribution in [0.3, 0.4) is 0 Å². The van der Waals surface area contributed by atoms with Crippen molar-refractivity contribution >= 4 is 17.9 Å². The third kappa shape index (κ3) is 67.2. The van der Waals surface area contributed by atoms with Gasteiger partial charge in [0.15, 0.2) is 6.10 Å². The highest BCUT2D eigenvalue weighted by Gasteiger charge is 2.19. The Morgan fingerprint density at radius 2 is 0.434 bits per heavy atom. The maximum Gasteiger partial charge on any atom is 0.306 e. The summed E-state index contributed by atoms with van der Waals surface area (Å²) >= 11 is 0. The van der Waals surface area contributed by atoms with Crippen molar-refractivity contribution in [3.63, 3.8) is 0 Å². The number of unbranched alkanes of at least 4 members (excludes halogenated alkanes) is 17. The van der Waals surface area contributed by atoms with Gasteiger partial charge in [0.25, 0.3) is 0 Å². The lowest BCUT2D eigenvalue weighted by Crippen LogP contribution is -2.30. The number of hydrogen-bond acceptors (Lipinski definition) is 6. The molecule has 0 aliphatic carbocycles. The molecule has 0 fully saturated rings. The third-order valence-electron chi connectivity index (χ3n) is 13.4. The molecule has 464 valence electrons. The average Bonchev–Trinajstić information content (AvgIpc) is 3.49. The molecule has 0 aromatic carbocycles. The molecule has 0 radical (unpaired) electrons. The van der Waals surface area contributed by atoms with Crippen molar-refractivity contribution in [2.45, 2.75) is 271 Å². The van der Waals surface area contributed by atoms with E-state index in [2.05, 4.69) is 203 Å². The van der Waals surface area contributed by atoms with Crippen molar-refractivity contribution in [1.29, 1.82) is 0 Å². The van der Waals surface area contributed by atoms with E-state index in [-0.39, 0.29) is 31.1 Å². The summed E-state index contributed by atoms with van der Waals surface area (Å²) < 4.78 is 16.9. The Balaban J connectivity index is 4.48. The second-order valence-corrected chi connectivity index (χ2v) is 21.2. The zero-order valence-corrected chi connectivity index (χ0v) is 53.1. The van der Waals surface area contributed by atoms with Crippen molar-refractivity contribution in [1.82, 2.24) is 0 Å². The Morgan fingerprint density at radius 3 is 0.699 bits per heavy atom. The summed E-state index contributed by atoms with van der Waals surface area (Å²) in [6.45, 7) is 6.24. The SMILES string of the molecule is CC/C=C\C/C=C\C/C=C\C/C=C\C/C=C\C/C=C\C/C=C\CCCCCCCC(=O)OCC(COC(=O)CCCC/C=C\C/C=C\C/C=C\C/C=C\CC)OC(=O)CCCCCCCCCCCC/C=C\C/C=C\C/C=C\C/C=C\CC. The molecule has 6 nitrogen and oxygen atoms in total. The van der Waals surface area contributed by atoms with Crippen molar-refractivity contribution in [2.75, 3.05) is 13.2 Å². The van der Waals surface area contributed by atoms with Crippen LogP contribution in [0.4, 0.5) is 0 Å². The van der Waals surface area contributed by atoms with Gasteiger partial charge in [-0.3, -0.25) is 14.4 Å². The van der Waals surface area contributed by atoms with Gasteiger partial charge >= 0.3 is 17.9 Å². The van der Waals surface area contributed by atoms with Crippen LogP contribution in [0.25, 0.3) is 0 Å². The van der Waals surface area contributed by atoms with Crippen LogP contribution in [0.2, 0.25) is 0 Å². The quantitative estimate of drug-likeness (QED) is 0.0261. The Hall–Kier alpha value is -5.49. The predicted molar refractivity (Wildman–Crippen MR) is 361 cm³/mol. The zero-order valence-electron chi connectivity index (χ0n) is 53.1. The van der Waals surface area contributed by atoms with Gasteiger partial charge in [-0.25, -0.2) is 0 Å². The van der Waals surface area contributed by atoms with Crippen LogP contribution in [-0.4, -0.2) is 37.2 Å². The van der Waals surface area contributed by atoms with Crippen molar-refractivity contribution in [3.05, 3.63) is 182 Å². The summed E-state index contributed by atoms with van der Waals surface area (Å²) in [5, 5.41) is 0. The first-order valence-electron chi connectivity index (χ1n) is 33.3. The molecule has 0 saturated carbocycles. The van der Waals surface area contributed by atoms with Crippen LogP contribution in [0.5, 0.6) is 0 Å². The van der Waals surface area contributed by atoms with Crippen molar-refractivity contribution in [3.8, 4) is 0 Å². The summed E-state index contributed by atoms with van der Waals surface area (Å²) in [6, 6.07) is 0. The molecule has 6 heteroatoms. The van der Waals surface area contributed by atoms with E-state index in [1.54, 1.807) is 0 Å². The Kier molecular flexibility index (Phi) is 64.4. The number of hydrogen-bond donors (Lipinski definition) is 0. The molecule has 0 aliphatic rings. The Bertz CT molecular complexity index is 1940. The fourth-order valence-corrected chi connectivity index (χ4v) is 8.52. The van der Waals surface area contributed by atoms with E-state index in [0.717, 1.165) is 167 Å². The van der Waals surface area contributed by atoms with Crippen LogP contribution >= 0.6 is 0 Å². The molecule has 0 spiro atoms. The number of esters is 3. The highest BCUT2D eigenvalue weighted by Crippen LogP contribution is 2.15. The number of rotatable bonds is 58. The van der Waals surface area contributed by atoms with Crippen molar-refractivity contribution in [2.24, 2.45) is 0 Å². The molecule has 0 amide bonds. The number of allylic oxidation sites excluding steroid dienone is 30. The van der Waals surface area contributed by atoms with E-state index < -0.39 is 6.10 Å². The van der Waals surface area contributed by atoms with Crippen LogP contribution in [0.1, 0.15) is 265 Å². The van der Waals surface area contributed by atoms with Crippen LogP contribution in [0.15, 0.2) is 182 Å².